The maximum atomic E-state index is 12.9. The lowest BCUT2D eigenvalue weighted by molar-refractivity contribution is -0.137. The fourth-order valence-corrected chi connectivity index (χ4v) is 3.50. The predicted molar refractivity (Wildman–Crippen MR) is 91.0 cm³/mol. The Labute approximate surface area is 144 Å². The Morgan fingerprint density at radius 3 is 2.64 bits per heavy atom. The van der Waals surface area contributed by atoms with Gasteiger partial charge >= 0.3 is 11.9 Å². The van der Waals surface area contributed by atoms with Crippen molar-refractivity contribution in [1.82, 2.24) is 9.47 Å². The van der Waals surface area contributed by atoms with E-state index in [0.29, 0.717) is 36.1 Å². The summed E-state index contributed by atoms with van der Waals surface area (Å²) < 4.78 is 1.36. The molecule has 7 nitrogen and oxygen atoms in total. The van der Waals surface area contributed by atoms with Crippen LogP contribution in [0.1, 0.15) is 46.2 Å². The highest BCUT2D eigenvalue weighted by Crippen LogP contribution is 2.33. The Bertz CT molecular complexity index is 868. The topological polar surface area (TPSA) is 99.8 Å². The lowest BCUT2D eigenvalue weighted by Gasteiger charge is -2.28. The molecule has 0 fully saturated rings. The summed E-state index contributed by atoms with van der Waals surface area (Å²) in [6, 6.07) is 4.83. The van der Waals surface area contributed by atoms with Gasteiger partial charge in [-0.25, -0.2) is 4.79 Å². The fourth-order valence-electron chi connectivity index (χ4n) is 3.50. The van der Waals surface area contributed by atoms with Gasteiger partial charge < -0.3 is 19.7 Å². The van der Waals surface area contributed by atoms with Crippen LogP contribution in [0.15, 0.2) is 18.2 Å². The predicted octanol–water partition coefficient (Wildman–Crippen LogP) is 2.22. The van der Waals surface area contributed by atoms with Gasteiger partial charge in [-0.2, -0.15) is 0 Å². The normalized spacial score (nSPS) is 14.0. The molecule has 0 saturated carbocycles. The molecule has 0 radical (unpaired) electrons. The van der Waals surface area contributed by atoms with E-state index < -0.39 is 18.5 Å². The average Bonchev–Trinajstić information content (AvgIpc) is 2.88. The number of unbranched alkanes of at least 4 members (excludes halogenated alkanes) is 1. The standard InChI is InChI=1S/C18H20N2O5/c1-2-3-8-19-9-7-12-11-5-4-6-13(18(24)25)15(11)20(10-14(21)22)16(12)17(19)23/h4-6H,2-3,7-10H2,1H3,(H,21,22)(H,24,25). The second-order valence-corrected chi connectivity index (χ2v) is 6.21. The number of carbonyl (C=O) groups is 3. The van der Waals surface area contributed by atoms with Crippen LogP contribution in [0.5, 0.6) is 0 Å². The molecule has 1 aromatic heterocycles. The van der Waals surface area contributed by atoms with E-state index in [0.717, 1.165) is 18.4 Å². The summed E-state index contributed by atoms with van der Waals surface area (Å²) in [6.07, 6.45) is 2.43. The molecular weight excluding hydrogens is 324 g/mol. The zero-order chi connectivity index (χ0) is 18.1. The Kier molecular flexibility index (Phi) is 4.48. The SMILES string of the molecule is CCCCN1CCc2c(n(CC(=O)O)c3c(C(=O)O)cccc23)C1=O. The van der Waals surface area contributed by atoms with E-state index in [9.17, 15) is 24.6 Å². The Hall–Kier alpha value is -2.83. The van der Waals surface area contributed by atoms with Crippen LogP contribution in [0.2, 0.25) is 0 Å². The van der Waals surface area contributed by atoms with Crippen molar-refractivity contribution in [3.8, 4) is 0 Å². The Morgan fingerprint density at radius 1 is 1.24 bits per heavy atom. The second kappa shape index (κ2) is 6.58. The minimum Gasteiger partial charge on any atom is -0.480 e. The molecule has 7 heteroatoms. The van der Waals surface area contributed by atoms with Crippen LogP contribution in [0, 0.1) is 0 Å². The number of para-hydroxylation sites is 1. The highest BCUT2D eigenvalue weighted by Gasteiger charge is 2.32. The van der Waals surface area contributed by atoms with Crippen LogP contribution in [0.4, 0.5) is 0 Å². The van der Waals surface area contributed by atoms with Gasteiger partial charge in [-0.15, -0.1) is 0 Å². The number of carboxylic acid groups (broad SMARTS) is 2. The lowest BCUT2D eigenvalue weighted by Crippen LogP contribution is -2.39. The smallest absolute Gasteiger partial charge is 0.337 e. The maximum absolute atomic E-state index is 12.9. The summed E-state index contributed by atoms with van der Waals surface area (Å²) in [5.74, 6) is -2.47. The number of carbonyl (C=O) groups excluding carboxylic acids is 1. The van der Waals surface area contributed by atoms with Gasteiger partial charge in [-0.05, 0) is 24.5 Å². The molecule has 2 heterocycles. The quantitative estimate of drug-likeness (QED) is 0.837. The van der Waals surface area contributed by atoms with Gasteiger partial charge in [-0.1, -0.05) is 25.5 Å². The molecule has 0 spiro atoms. The van der Waals surface area contributed by atoms with E-state index in [1.54, 1.807) is 17.0 Å². The van der Waals surface area contributed by atoms with Gasteiger partial charge in [-0.3, -0.25) is 9.59 Å². The van der Waals surface area contributed by atoms with Crippen molar-refractivity contribution >= 4 is 28.7 Å². The molecule has 1 aliphatic heterocycles. The van der Waals surface area contributed by atoms with Gasteiger partial charge in [0.05, 0.1) is 11.1 Å². The molecule has 2 aromatic rings. The highest BCUT2D eigenvalue weighted by atomic mass is 16.4. The van der Waals surface area contributed by atoms with Crippen LogP contribution < -0.4 is 0 Å². The Morgan fingerprint density at radius 2 is 2.00 bits per heavy atom. The van der Waals surface area contributed by atoms with Gasteiger partial charge in [0.15, 0.2) is 0 Å². The first kappa shape index (κ1) is 17.0. The molecule has 0 atom stereocenters. The molecule has 2 N–H and O–H groups in total. The summed E-state index contributed by atoms with van der Waals surface area (Å²) in [5.41, 5.74) is 1.39. The summed E-state index contributed by atoms with van der Waals surface area (Å²) >= 11 is 0. The van der Waals surface area contributed by atoms with E-state index in [1.807, 2.05) is 6.92 Å². The number of amides is 1. The summed E-state index contributed by atoms with van der Waals surface area (Å²) in [6.45, 7) is 2.79. The molecule has 3 rings (SSSR count). The van der Waals surface area contributed by atoms with Crippen LogP contribution in [0.3, 0.4) is 0 Å². The van der Waals surface area contributed by atoms with Crippen molar-refractivity contribution in [2.45, 2.75) is 32.7 Å². The number of aliphatic carboxylic acids is 1. The van der Waals surface area contributed by atoms with Crippen molar-refractivity contribution in [2.75, 3.05) is 13.1 Å². The van der Waals surface area contributed by atoms with Crippen molar-refractivity contribution in [1.29, 1.82) is 0 Å². The van der Waals surface area contributed by atoms with Crippen LogP contribution in [-0.2, 0) is 17.8 Å². The number of benzene rings is 1. The minimum absolute atomic E-state index is 0.0149. The molecule has 0 aliphatic carbocycles. The van der Waals surface area contributed by atoms with E-state index >= 15 is 0 Å². The van der Waals surface area contributed by atoms with Gasteiger partial charge in [0.25, 0.3) is 5.91 Å². The zero-order valence-electron chi connectivity index (χ0n) is 14.0. The highest BCUT2D eigenvalue weighted by molar-refractivity contribution is 6.09. The van der Waals surface area contributed by atoms with Crippen LogP contribution >= 0.6 is 0 Å². The maximum Gasteiger partial charge on any atom is 0.337 e. The van der Waals surface area contributed by atoms with Crippen molar-refractivity contribution < 1.29 is 24.6 Å². The third-order valence-corrected chi connectivity index (χ3v) is 4.61. The van der Waals surface area contributed by atoms with Crippen molar-refractivity contribution in [3.05, 3.63) is 35.0 Å². The number of rotatable bonds is 6. The van der Waals surface area contributed by atoms with Gasteiger partial charge in [0.1, 0.15) is 12.2 Å². The van der Waals surface area contributed by atoms with E-state index in [4.69, 9.17) is 0 Å². The molecule has 25 heavy (non-hydrogen) atoms. The fraction of sp³-hybridized carbons (Fsp3) is 0.389. The summed E-state index contributed by atoms with van der Waals surface area (Å²) in [7, 11) is 0. The Balaban J connectivity index is 2.24. The van der Waals surface area contributed by atoms with Crippen LogP contribution in [0.25, 0.3) is 10.9 Å². The largest absolute Gasteiger partial charge is 0.480 e. The molecule has 0 bridgehead atoms. The van der Waals surface area contributed by atoms with Crippen molar-refractivity contribution in [3.63, 3.8) is 0 Å². The lowest BCUT2D eigenvalue weighted by atomic mass is 10.0. The molecule has 0 unspecified atom stereocenters. The number of carboxylic acids is 2. The summed E-state index contributed by atoms with van der Waals surface area (Å²) in [4.78, 5) is 37.6. The van der Waals surface area contributed by atoms with Crippen LogP contribution in [-0.4, -0.2) is 50.6 Å². The third-order valence-electron chi connectivity index (χ3n) is 4.61. The monoisotopic (exact) mass is 344 g/mol. The first-order valence-electron chi connectivity index (χ1n) is 8.34. The van der Waals surface area contributed by atoms with Gasteiger partial charge in [0.2, 0.25) is 0 Å². The number of aromatic nitrogens is 1. The number of hydrogen-bond acceptors (Lipinski definition) is 3. The molecule has 132 valence electrons. The van der Waals surface area contributed by atoms with E-state index in [2.05, 4.69) is 0 Å². The average molecular weight is 344 g/mol. The molecule has 1 amide bonds. The number of nitrogens with zero attached hydrogens (tertiary/aromatic N) is 2. The second-order valence-electron chi connectivity index (χ2n) is 6.21. The number of hydrogen-bond donors (Lipinski definition) is 2. The van der Waals surface area contributed by atoms with Gasteiger partial charge in [0, 0.05) is 18.5 Å². The first-order chi connectivity index (χ1) is 12.0. The number of fused-ring (bicyclic) bond motifs is 3. The molecule has 1 aliphatic rings. The molecule has 1 aromatic carbocycles. The summed E-state index contributed by atoms with van der Waals surface area (Å²) in [5, 5.41) is 19.4. The molecular formula is C18H20N2O5. The third kappa shape index (κ3) is 2.86. The van der Waals surface area contributed by atoms with E-state index in [-0.39, 0.29) is 11.5 Å². The van der Waals surface area contributed by atoms with E-state index in [1.165, 1.54) is 10.6 Å². The molecule has 0 saturated heterocycles. The zero-order valence-corrected chi connectivity index (χ0v) is 14.0. The first-order valence-corrected chi connectivity index (χ1v) is 8.34. The minimum atomic E-state index is -1.14. The number of aromatic carboxylic acids is 1. The van der Waals surface area contributed by atoms with Crippen molar-refractivity contribution in [2.24, 2.45) is 0 Å².